The number of fused-ring (bicyclic) bond motifs is 1. The monoisotopic (exact) mass is 209 g/mol. The zero-order valence-corrected chi connectivity index (χ0v) is 12.1. The summed E-state index contributed by atoms with van der Waals surface area (Å²) in [4.78, 5) is 1.74. The fraction of sp³-hybridized carbons (Fsp3) is 0.571. The van der Waals surface area contributed by atoms with Crippen LogP contribution in [0.1, 0.15) is 11.3 Å². The summed E-state index contributed by atoms with van der Waals surface area (Å²) in [6, 6.07) is 0. The number of rotatable bonds is 1. The molecular formula is C7H13Al2N3O. The molecule has 2 rings (SSSR count). The van der Waals surface area contributed by atoms with Gasteiger partial charge in [-0.3, -0.25) is 0 Å². The molecule has 1 aromatic rings. The first kappa shape index (κ1) is 9.58. The lowest BCUT2D eigenvalue weighted by molar-refractivity contribution is 0.263. The van der Waals surface area contributed by atoms with Gasteiger partial charge in [-0.2, -0.15) is 4.85 Å². The highest BCUT2D eigenvalue weighted by Crippen LogP contribution is 2.07. The third-order valence-electron chi connectivity index (χ3n) is 2.55. The maximum absolute atomic E-state index is 5.30. The molecule has 68 valence electrons. The summed E-state index contributed by atoms with van der Waals surface area (Å²) in [5, 5.41) is 7.83. The predicted octanol–water partition coefficient (Wildman–Crippen LogP) is -3.19. The average molecular weight is 209 g/mol. The van der Waals surface area contributed by atoms with Gasteiger partial charge in [-0.15, -0.1) is 5.10 Å². The smallest absolute Gasteiger partial charge is 0.531 e. The van der Waals surface area contributed by atoms with Gasteiger partial charge in [0.1, 0.15) is 0 Å². The highest BCUT2D eigenvalue weighted by molar-refractivity contribution is 6.32. The molecule has 2 heterocycles. The van der Waals surface area contributed by atoms with Crippen molar-refractivity contribution in [2.24, 2.45) is 0 Å². The van der Waals surface area contributed by atoms with E-state index in [1.807, 2.05) is 0 Å². The Morgan fingerprint density at radius 1 is 1.38 bits per heavy atom. The van der Waals surface area contributed by atoms with Gasteiger partial charge in [0, 0.05) is 13.0 Å². The Bertz CT molecular complexity index is 313. The molecule has 6 heteroatoms. The van der Waals surface area contributed by atoms with Crippen LogP contribution in [0.25, 0.3) is 0 Å². The molecular weight excluding hydrogens is 196 g/mol. The minimum absolute atomic E-state index is 0.718. The van der Waals surface area contributed by atoms with Crippen LogP contribution in [0.3, 0.4) is 0 Å². The molecule has 0 saturated carbocycles. The second-order valence-corrected chi connectivity index (χ2v) is 4.63. The number of hydrogen-bond acceptors (Lipinski definition) is 3. The summed E-state index contributed by atoms with van der Waals surface area (Å²) in [5.74, 6) is 0. The molecule has 13 heavy (non-hydrogen) atoms. The first-order valence-corrected chi connectivity index (χ1v) is 6.47. The van der Waals surface area contributed by atoms with Crippen LogP contribution in [0, 0.1) is 0 Å². The van der Waals surface area contributed by atoms with Crippen LogP contribution in [0.5, 0.6) is 0 Å². The Morgan fingerprint density at radius 3 is 2.92 bits per heavy atom. The van der Waals surface area contributed by atoms with Gasteiger partial charge < -0.3 is 9.21 Å². The van der Waals surface area contributed by atoms with Crippen molar-refractivity contribution < 1.29 is 3.89 Å². The van der Waals surface area contributed by atoms with Crippen molar-refractivity contribution in [3.8, 4) is 0 Å². The molecule has 0 saturated heterocycles. The number of nitrogens with one attached hydrogen (secondary N) is 1. The lowest BCUT2D eigenvalue weighted by atomic mass is 10.2. The maximum atomic E-state index is 5.30. The van der Waals surface area contributed by atoms with Gasteiger partial charge in [-0.1, -0.05) is 0 Å². The third kappa shape index (κ3) is 1.79. The zero-order valence-electron chi connectivity index (χ0n) is 8.13. The van der Waals surface area contributed by atoms with Crippen molar-refractivity contribution in [2.45, 2.75) is 12.8 Å². The normalized spacial score (nSPS) is 16.3. The second-order valence-electron chi connectivity index (χ2n) is 3.32. The number of aromatic nitrogens is 2. The molecule has 1 aliphatic heterocycles. The van der Waals surface area contributed by atoms with Crippen molar-refractivity contribution in [2.75, 3.05) is 13.1 Å². The van der Waals surface area contributed by atoms with Crippen molar-refractivity contribution in [3.05, 3.63) is 11.3 Å². The maximum Gasteiger partial charge on any atom is 0.531 e. The topological polar surface area (TPSA) is 39.1 Å². The van der Waals surface area contributed by atoms with E-state index >= 15 is 0 Å². The fourth-order valence-corrected chi connectivity index (χ4v) is 3.36. The molecule has 1 aliphatic rings. The highest BCUT2D eigenvalue weighted by Gasteiger charge is 2.15. The number of hydrogen-bond donors (Lipinski definition) is 1. The predicted molar refractivity (Wildman–Crippen MR) is 55.8 cm³/mol. The molecule has 0 atom stereocenters. The second kappa shape index (κ2) is 4.04. The van der Waals surface area contributed by atoms with Crippen LogP contribution in [0.15, 0.2) is 0 Å². The SMILES string of the molecule is [AlH2][O]n1nc2c([c]1[AlH2])CCNCC2. The summed E-state index contributed by atoms with van der Waals surface area (Å²) < 4.78 is 6.61. The summed E-state index contributed by atoms with van der Waals surface area (Å²) in [7, 11) is 0. The van der Waals surface area contributed by atoms with E-state index in [0.29, 0.717) is 0 Å². The Morgan fingerprint density at radius 2 is 2.15 bits per heavy atom. The first-order valence-electron chi connectivity index (χ1n) is 4.65. The average Bonchev–Trinajstić information content (AvgIpc) is 2.37. The minimum Gasteiger partial charge on any atom is -0.555 e. The van der Waals surface area contributed by atoms with Crippen LogP contribution in [-0.2, 0) is 12.8 Å². The van der Waals surface area contributed by atoms with Gasteiger partial charge in [0.05, 0.1) is 5.69 Å². The summed E-state index contributed by atoms with van der Waals surface area (Å²) in [6.45, 7) is 2.13. The molecule has 0 amide bonds. The third-order valence-corrected chi connectivity index (χ3v) is 3.88. The molecule has 1 N–H and O–H groups in total. The van der Waals surface area contributed by atoms with Crippen LogP contribution >= 0.6 is 0 Å². The van der Waals surface area contributed by atoms with Crippen molar-refractivity contribution in [3.63, 3.8) is 0 Å². The molecule has 0 radical (unpaired) electrons. The van der Waals surface area contributed by atoms with Gasteiger partial charge >= 0.3 is 16.6 Å². The van der Waals surface area contributed by atoms with E-state index in [2.05, 4.69) is 10.4 Å². The van der Waals surface area contributed by atoms with Gasteiger partial charge in [0.2, 0.25) is 0 Å². The van der Waals surface area contributed by atoms with E-state index in [4.69, 9.17) is 3.89 Å². The number of nitrogens with zero attached hydrogens (tertiary/aromatic N) is 2. The first-order chi connectivity index (χ1) is 6.33. The Hall–Kier alpha value is 0.0349. The lowest BCUT2D eigenvalue weighted by Gasteiger charge is -2.05. The van der Waals surface area contributed by atoms with Gasteiger partial charge in [0.25, 0.3) is 16.3 Å². The molecule has 4 nitrogen and oxygen atoms in total. The van der Waals surface area contributed by atoms with Crippen LogP contribution in [0.4, 0.5) is 0 Å². The molecule has 0 spiro atoms. The van der Waals surface area contributed by atoms with Crippen LogP contribution < -0.4 is 13.8 Å². The molecule has 0 aliphatic carbocycles. The van der Waals surface area contributed by atoms with Crippen molar-refractivity contribution >= 4 is 37.5 Å². The fourth-order valence-electron chi connectivity index (χ4n) is 1.82. The van der Waals surface area contributed by atoms with Gasteiger partial charge in [-0.25, -0.2) is 0 Å². The van der Waals surface area contributed by atoms with E-state index in [1.54, 1.807) is 4.85 Å². The van der Waals surface area contributed by atoms with Gasteiger partial charge in [-0.05, 0) is 23.1 Å². The Balaban J connectivity index is 2.38. The minimum atomic E-state index is 0.718. The molecule has 1 aromatic heterocycles. The van der Waals surface area contributed by atoms with Gasteiger partial charge in [0.15, 0.2) is 0 Å². The van der Waals surface area contributed by atoms with E-state index < -0.39 is 0 Å². The van der Waals surface area contributed by atoms with E-state index in [9.17, 15) is 0 Å². The largest absolute Gasteiger partial charge is 0.555 e. The Kier molecular flexibility index (Phi) is 2.98. The molecule has 0 aromatic carbocycles. The zero-order chi connectivity index (χ0) is 9.26. The summed E-state index contributed by atoms with van der Waals surface area (Å²) in [6.07, 6.45) is 2.15. The van der Waals surface area contributed by atoms with E-state index in [1.165, 1.54) is 15.8 Å². The van der Waals surface area contributed by atoms with Crippen LogP contribution in [0.2, 0.25) is 0 Å². The highest BCUT2D eigenvalue weighted by atomic mass is 27.1. The standard InChI is InChI=1S/C7H9N3O.2Al.4H/c11-10-5-6-1-3-8-4-2-7(6)9-10;;;;;;/h8H,1-4H2;;;;;;/q-1;;+1;;;;. The van der Waals surface area contributed by atoms with Crippen LogP contribution in [-0.4, -0.2) is 55.9 Å². The Labute approximate surface area is 93.8 Å². The lowest BCUT2D eigenvalue weighted by Crippen LogP contribution is -2.27. The van der Waals surface area contributed by atoms with E-state index in [0.717, 1.165) is 58.8 Å². The van der Waals surface area contributed by atoms with E-state index in [-0.39, 0.29) is 0 Å². The summed E-state index contributed by atoms with van der Waals surface area (Å²) >= 11 is 1.74. The quantitative estimate of drug-likeness (QED) is 0.495. The molecule has 0 fully saturated rings. The molecule has 0 unspecified atom stereocenters. The van der Waals surface area contributed by atoms with Crippen molar-refractivity contribution in [1.29, 1.82) is 0 Å². The summed E-state index contributed by atoms with van der Waals surface area (Å²) in [5.41, 5.74) is 2.68. The van der Waals surface area contributed by atoms with Crippen molar-refractivity contribution in [1.82, 2.24) is 15.3 Å². The molecule has 0 bridgehead atoms.